The molecule has 1 aromatic carbocycles. The van der Waals surface area contributed by atoms with Gasteiger partial charge in [-0.05, 0) is 24.3 Å². The summed E-state index contributed by atoms with van der Waals surface area (Å²) < 4.78 is 35.1. The van der Waals surface area contributed by atoms with Crippen molar-refractivity contribution in [1.29, 1.82) is 0 Å². The SMILES string of the molecule is COc1cccc(CNCc2cc(Br)ccc2OC(F)F)n1. The number of nitrogens with zero attached hydrogens (tertiary/aromatic N) is 1. The van der Waals surface area contributed by atoms with Crippen LogP contribution in [0.15, 0.2) is 40.9 Å². The molecule has 0 aliphatic rings. The van der Waals surface area contributed by atoms with E-state index in [1.54, 1.807) is 25.3 Å². The molecule has 1 N–H and O–H groups in total. The molecule has 2 rings (SSSR count). The first kappa shape index (κ1) is 16.6. The van der Waals surface area contributed by atoms with Crippen molar-refractivity contribution in [3.8, 4) is 11.6 Å². The third-order valence-electron chi connectivity index (χ3n) is 2.85. The summed E-state index contributed by atoms with van der Waals surface area (Å²) in [5.74, 6) is 0.688. The molecule has 118 valence electrons. The Kier molecular flexibility index (Phi) is 6.09. The van der Waals surface area contributed by atoms with Gasteiger partial charge in [-0.1, -0.05) is 22.0 Å². The summed E-state index contributed by atoms with van der Waals surface area (Å²) in [6.45, 7) is -1.99. The lowest BCUT2D eigenvalue weighted by Gasteiger charge is -2.12. The summed E-state index contributed by atoms with van der Waals surface area (Å²) in [5, 5.41) is 3.15. The fourth-order valence-corrected chi connectivity index (χ4v) is 2.30. The van der Waals surface area contributed by atoms with Crippen molar-refractivity contribution in [2.24, 2.45) is 0 Å². The number of pyridine rings is 1. The molecule has 22 heavy (non-hydrogen) atoms. The lowest BCUT2D eigenvalue weighted by Crippen LogP contribution is -2.15. The highest BCUT2D eigenvalue weighted by Gasteiger charge is 2.10. The Morgan fingerprint density at radius 3 is 2.77 bits per heavy atom. The molecule has 0 amide bonds. The maximum absolute atomic E-state index is 12.4. The van der Waals surface area contributed by atoms with Gasteiger partial charge in [0, 0.05) is 29.2 Å². The van der Waals surface area contributed by atoms with Crippen LogP contribution in [0.5, 0.6) is 11.6 Å². The number of aromatic nitrogens is 1. The van der Waals surface area contributed by atoms with Gasteiger partial charge < -0.3 is 14.8 Å². The van der Waals surface area contributed by atoms with E-state index in [4.69, 9.17) is 4.74 Å². The Balaban J connectivity index is 1.99. The topological polar surface area (TPSA) is 43.4 Å². The average molecular weight is 373 g/mol. The minimum atomic E-state index is -2.85. The van der Waals surface area contributed by atoms with Gasteiger partial charge in [0.25, 0.3) is 0 Å². The summed E-state index contributed by atoms with van der Waals surface area (Å²) >= 11 is 3.32. The van der Waals surface area contributed by atoms with Crippen LogP contribution in [0.3, 0.4) is 0 Å². The van der Waals surface area contributed by atoms with Crippen LogP contribution in [0.25, 0.3) is 0 Å². The number of alkyl halides is 2. The monoisotopic (exact) mass is 372 g/mol. The maximum Gasteiger partial charge on any atom is 0.387 e. The van der Waals surface area contributed by atoms with Gasteiger partial charge in [-0.15, -0.1) is 0 Å². The van der Waals surface area contributed by atoms with E-state index in [2.05, 4.69) is 31.0 Å². The van der Waals surface area contributed by atoms with Gasteiger partial charge in [0.2, 0.25) is 5.88 Å². The number of ether oxygens (including phenoxy) is 2. The van der Waals surface area contributed by atoms with E-state index in [0.29, 0.717) is 24.5 Å². The zero-order chi connectivity index (χ0) is 15.9. The third-order valence-corrected chi connectivity index (χ3v) is 3.34. The largest absolute Gasteiger partial charge is 0.481 e. The molecule has 0 aliphatic heterocycles. The van der Waals surface area contributed by atoms with Crippen LogP contribution < -0.4 is 14.8 Å². The van der Waals surface area contributed by atoms with Crippen LogP contribution in [0.2, 0.25) is 0 Å². The molecule has 1 aromatic heterocycles. The van der Waals surface area contributed by atoms with Crippen LogP contribution in [-0.4, -0.2) is 18.7 Å². The number of nitrogens with one attached hydrogen (secondary N) is 1. The fraction of sp³-hybridized carbons (Fsp3) is 0.267. The molecule has 0 saturated heterocycles. The molecular formula is C15H15BrF2N2O2. The van der Waals surface area contributed by atoms with Crippen molar-refractivity contribution in [2.45, 2.75) is 19.7 Å². The molecule has 0 atom stereocenters. The summed E-state index contributed by atoms with van der Waals surface area (Å²) in [7, 11) is 1.55. The highest BCUT2D eigenvalue weighted by molar-refractivity contribution is 9.10. The van der Waals surface area contributed by atoms with Gasteiger partial charge in [-0.2, -0.15) is 8.78 Å². The molecule has 7 heteroatoms. The third kappa shape index (κ3) is 4.92. The van der Waals surface area contributed by atoms with E-state index >= 15 is 0 Å². The molecule has 1 heterocycles. The smallest absolute Gasteiger partial charge is 0.387 e. The van der Waals surface area contributed by atoms with E-state index in [9.17, 15) is 8.78 Å². The molecule has 4 nitrogen and oxygen atoms in total. The van der Waals surface area contributed by atoms with Gasteiger partial charge in [-0.25, -0.2) is 4.98 Å². The van der Waals surface area contributed by atoms with Gasteiger partial charge in [0.15, 0.2) is 0 Å². The first-order chi connectivity index (χ1) is 10.6. The molecule has 0 spiro atoms. The average Bonchev–Trinajstić information content (AvgIpc) is 2.50. The van der Waals surface area contributed by atoms with Crippen molar-refractivity contribution in [3.05, 3.63) is 52.1 Å². The van der Waals surface area contributed by atoms with Crippen LogP contribution in [0.4, 0.5) is 8.78 Å². The number of methoxy groups -OCH3 is 1. The second-order valence-corrected chi connectivity index (χ2v) is 5.32. The van der Waals surface area contributed by atoms with Gasteiger partial charge in [0.1, 0.15) is 5.75 Å². The standard InChI is InChI=1S/C15H15BrF2N2O2/c1-21-14-4-2-3-12(20-14)9-19-8-10-7-11(16)5-6-13(10)22-15(17)18/h2-7,15,19H,8-9H2,1H3. The second-order valence-electron chi connectivity index (χ2n) is 4.41. The van der Waals surface area contributed by atoms with E-state index in [-0.39, 0.29) is 5.75 Å². The lowest BCUT2D eigenvalue weighted by molar-refractivity contribution is -0.0505. The highest BCUT2D eigenvalue weighted by atomic mass is 79.9. The fourth-order valence-electron chi connectivity index (χ4n) is 1.89. The number of halogens is 3. The van der Waals surface area contributed by atoms with Crippen LogP contribution in [0.1, 0.15) is 11.3 Å². The first-order valence-corrected chi connectivity index (χ1v) is 7.31. The number of rotatable bonds is 7. The summed E-state index contributed by atoms with van der Waals surface area (Å²) in [4.78, 5) is 4.27. The first-order valence-electron chi connectivity index (χ1n) is 6.52. The molecule has 0 bridgehead atoms. The normalized spacial score (nSPS) is 10.8. The van der Waals surface area contributed by atoms with E-state index in [1.807, 2.05) is 12.1 Å². The van der Waals surface area contributed by atoms with Crippen LogP contribution in [0, 0.1) is 0 Å². The maximum atomic E-state index is 12.4. The Bertz CT molecular complexity index is 626. The van der Waals surface area contributed by atoms with Gasteiger partial charge >= 0.3 is 6.61 Å². The Labute approximate surface area is 135 Å². The van der Waals surface area contributed by atoms with Crippen molar-refractivity contribution in [3.63, 3.8) is 0 Å². The molecule has 0 unspecified atom stereocenters. The lowest BCUT2D eigenvalue weighted by atomic mass is 10.2. The van der Waals surface area contributed by atoms with E-state index < -0.39 is 6.61 Å². The van der Waals surface area contributed by atoms with Crippen molar-refractivity contribution in [1.82, 2.24) is 10.3 Å². The number of benzene rings is 1. The zero-order valence-corrected chi connectivity index (χ0v) is 13.4. The number of hydrogen-bond acceptors (Lipinski definition) is 4. The van der Waals surface area contributed by atoms with Crippen molar-refractivity contribution >= 4 is 15.9 Å². The quantitative estimate of drug-likeness (QED) is 0.803. The predicted molar refractivity (Wildman–Crippen MR) is 82.1 cm³/mol. The molecule has 0 fully saturated rings. The summed E-state index contributed by atoms with van der Waals surface area (Å²) in [6, 6.07) is 10.4. The zero-order valence-electron chi connectivity index (χ0n) is 11.9. The minimum Gasteiger partial charge on any atom is -0.481 e. The van der Waals surface area contributed by atoms with Crippen molar-refractivity contribution < 1.29 is 18.3 Å². The Hall–Kier alpha value is -1.73. The second kappa shape index (κ2) is 8.05. The molecule has 0 aliphatic carbocycles. The van der Waals surface area contributed by atoms with Gasteiger partial charge in [-0.3, -0.25) is 0 Å². The van der Waals surface area contributed by atoms with Crippen molar-refractivity contribution in [2.75, 3.05) is 7.11 Å². The Morgan fingerprint density at radius 2 is 2.05 bits per heavy atom. The molecule has 2 aromatic rings. The van der Waals surface area contributed by atoms with Gasteiger partial charge in [0.05, 0.1) is 12.8 Å². The summed E-state index contributed by atoms with van der Waals surface area (Å²) in [6.07, 6.45) is 0. The van der Waals surface area contributed by atoms with Crippen LogP contribution in [-0.2, 0) is 13.1 Å². The van der Waals surface area contributed by atoms with Crippen LogP contribution >= 0.6 is 15.9 Å². The highest BCUT2D eigenvalue weighted by Crippen LogP contribution is 2.24. The van der Waals surface area contributed by atoms with E-state index in [0.717, 1.165) is 10.2 Å². The summed E-state index contributed by atoms with van der Waals surface area (Å²) in [5.41, 5.74) is 1.43. The molecule has 0 radical (unpaired) electrons. The minimum absolute atomic E-state index is 0.157. The molecule has 0 saturated carbocycles. The molecular weight excluding hydrogens is 358 g/mol. The Morgan fingerprint density at radius 1 is 1.23 bits per heavy atom. The predicted octanol–water partition coefficient (Wildman–Crippen LogP) is 3.74. The number of hydrogen-bond donors (Lipinski definition) is 1. The van der Waals surface area contributed by atoms with E-state index in [1.165, 1.54) is 6.07 Å².